The largest absolute Gasteiger partial charge is 0.381 e. The molecule has 5 nitrogen and oxygen atoms in total. The maximum Gasteiger partial charge on any atom is 0.166 e. The van der Waals surface area contributed by atoms with Gasteiger partial charge < -0.3 is 11.5 Å². The van der Waals surface area contributed by atoms with Crippen LogP contribution in [0.3, 0.4) is 0 Å². The monoisotopic (exact) mass is 277 g/mol. The van der Waals surface area contributed by atoms with Gasteiger partial charge >= 0.3 is 0 Å². The van der Waals surface area contributed by atoms with Crippen molar-refractivity contribution in [1.82, 2.24) is 15.0 Å². The molecule has 0 bridgehead atoms. The van der Waals surface area contributed by atoms with Crippen LogP contribution in [0.15, 0.2) is 48.8 Å². The van der Waals surface area contributed by atoms with Crippen LogP contribution >= 0.6 is 0 Å². The Hall–Kier alpha value is -2.95. The van der Waals surface area contributed by atoms with Gasteiger partial charge in [0, 0.05) is 23.5 Å². The van der Waals surface area contributed by atoms with Crippen molar-refractivity contribution in [3.05, 3.63) is 54.4 Å². The molecule has 0 radical (unpaired) electrons. The second-order valence-electron chi connectivity index (χ2n) is 4.79. The predicted octanol–water partition coefficient (Wildman–Crippen LogP) is 2.68. The lowest BCUT2D eigenvalue weighted by molar-refractivity contribution is 1.22. The van der Waals surface area contributed by atoms with Gasteiger partial charge in [-0.2, -0.15) is 0 Å². The van der Waals surface area contributed by atoms with Gasteiger partial charge in [0.15, 0.2) is 11.6 Å². The minimum atomic E-state index is 0.234. The molecule has 2 aromatic heterocycles. The molecule has 1 aromatic carbocycles. The van der Waals surface area contributed by atoms with Crippen LogP contribution < -0.4 is 11.5 Å². The number of pyridine rings is 1. The Morgan fingerprint density at radius 2 is 1.19 bits per heavy atom. The van der Waals surface area contributed by atoms with Gasteiger partial charge in [-0.1, -0.05) is 29.8 Å². The van der Waals surface area contributed by atoms with Gasteiger partial charge in [0.25, 0.3) is 0 Å². The molecule has 4 N–H and O–H groups in total. The molecule has 0 unspecified atom stereocenters. The molecule has 0 spiro atoms. The number of hydrogen-bond donors (Lipinski definition) is 2. The second-order valence-corrected chi connectivity index (χ2v) is 4.79. The Labute approximate surface area is 122 Å². The van der Waals surface area contributed by atoms with Gasteiger partial charge in [-0.3, -0.25) is 4.98 Å². The third-order valence-corrected chi connectivity index (χ3v) is 3.23. The fourth-order valence-electron chi connectivity index (χ4n) is 2.09. The van der Waals surface area contributed by atoms with Crippen molar-refractivity contribution in [2.24, 2.45) is 0 Å². The zero-order chi connectivity index (χ0) is 14.8. The summed E-state index contributed by atoms with van der Waals surface area (Å²) in [7, 11) is 0. The lowest BCUT2D eigenvalue weighted by atomic mass is 10.0. The summed E-state index contributed by atoms with van der Waals surface area (Å²) in [5.41, 5.74) is 16.1. The first kappa shape index (κ1) is 13.1. The Bertz CT molecular complexity index is 767. The lowest BCUT2D eigenvalue weighted by Crippen LogP contribution is -2.04. The van der Waals surface area contributed by atoms with Gasteiger partial charge in [-0.05, 0) is 19.1 Å². The van der Waals surface area contributed by atoms with Crippen LogP contribution in [0.2, 0.25) is 0 Å². The molecule has 0 atom stereocenters. The molecule has 104 valence electrons. The Morgan fingerprint density at radius 3 is 1.71 bits per heavy atom. The second kappa shape index (κ2) is 5.20. The number of aromatic nitrogens is 3. The van der Waals surface area contributed by atoms with E-state index < -0.39 is 0 Å². The number of rotatable bonds is 2. The quantitative estimate of drug-likeness (QED) is 0.751. The van der Waals surface area contributed by atoms with Crippen LogP contribution in [-0.4, -0.2) is 15.0 Å². The van der Waals surface area contributed by atoms with Crippen molar-refractivity contribution in [2.75, 3.05) is 11.5 Å². The Morgan fingerprint density at radius 1 is 0.714 bits per heavy atom. The number of nitrogens with two attached hydrogens (primary N) is 2. The molecule has 3 rings (SSSR count). The number of nitrogens with zero attached hydrogens (tertiary/aromatic N) is 3. The van der Waals surface area contributed by atoms with E-state index in [1.807, 2.05) is 43.3 Å². The standard InChI is InChI=1S/C16H15N5/c1-10-2-4-11(5-3-10)13-14(12-6-8-19-9-7-12)21-16(18)15(17)20-13/h2-9H,1H3,(H2,17,20)(H2,18,21). The van der Waals surface area contributed by atoms with Crippen molar-refractivity contribution in [3.8, 4) is 22.5 Å². The average molecular weight is 277 g/mol. The SMILES string of the molecule is Cc1ccc(-c2nc(N)c(N)nc2-c2ccncc2)cc1. The molecular weight excluding hydrogens is 262 g/mol. The van der Waals surface area contributed by atoms with E-state index in [1.54, 1.807) is 12.4 Å². The van der Waals surface area contributed by atoms with Crippen LogP contribution in [-0.2, 0) is 0 Å². The number of anilines is 2. The fraction of sp³-hybridized carbons (Fsp3) is 0.0625. The molecule has 0 saturated carbocycles. The van der Waals surface area contributed by atoms with E-state index in [4.69, 9.17) is 11.5 Å². The molecule has 0 aliphatic rings. The van der Waals surface area contributed by atoms with E-state index in [-0.39, 0.29) is 11.6 Å². The lowest BCUT2D eigenvalue weighted by Gasteiger charge is -2.11. The minimum Gasteiger partial charge on any atom is -0.381 e. The van der Waals surface area contributed by atoms with Crippen LogP contribution in [0.1, 0.15) is 5.56 Å². The van der Waals surface area contributed by atoms with Crippen molar-refractivity contribution < 1.29 is 0 Å². The number of benzene rings is 1. The van der Waals surface area contributed by atoms with Crippen LogP contribution in [0.5, 0.6) is 0 Å². The summed E-state index contributed by atoms with van der Waals surface area (Å²) >= 11 is 0. The first-order valence-corrected chi connectivity index (χ1v) is 6.55. The van der Waals surface area contributed by atoms with E-state index in [0.717, 1.165) is 11.1 Å². The van der Waals surface area contributed by atoms with Gasteiger partial charge in [0.05, 0.1) is 11.4 Å². The van der Waals surface area contributed by atoms with Crippen molar-refractivity contribution in [1.29, 1.82) is 0 Å². The van der Waals surface area contributed by atoms with Crippen molar-refractivity contribution >= 4 is 11.6 Å². The summed E-state index contributed by atoms with van der Waals surface area (Å²) in [5.74, 6) is 0.473. The maximum absolute atomic E-state index is 5.82. The summed E-state index contributed by atoms with van der Waals surface area (Å²) in [6.07, 6.45) is 3.42. The summed E-state index contributed by atoms with van der Waals surface area (Å²) < 4.78 is 0. The maximum atomic E-state index is 5.82. The molecule has 0 amide bonds. The third kappa shape index (κ3) is 2.53. The zero-order valence-corrected chi connectivity index (χ0v) is 11.6. The summed E-state index contributed by atoms with van der Waals surface area (Å²) in [6, 6.07) is 11.8. The summed E-state index contributed by atoms with van der Waals surface area (Å²) in [5, 5.41) is 0. The highest BCUT2D eigenvalue weighted by atomic mass is 15.0. The van der Waals surface area contributed by atoms with Gasteiger partial charge in [0.2, 0.25) is 0 Å². The topological polar surface area (TPSA) is 90.7 Å². The Kier molecular flexibility index (Phi) is 3.23. The average Bonchev–Trinajstić information content (AvgIpc) is 2.51. The first-order valence-electron chi connectivity index (χ1n) is 6.55. The number of hydrogen-bond acceptors (Lipinski definition) is 5. The first-order chi connectivity index (χ1) is 10.1. The van der Waals surface area contributed by atoms with Gasteiger partial charge in [-0.15, -0.1) is 0 Å². The molecule has 0 aliphatic carbocycles. The molecule has 21 heavy (non-hydrogen) atoms. The summed E-state index contributed by atoms with van der Waals surface area (Å²) in [4.78, 5) is 12.8. The van der Waals surface area contributed by atoms with E-state index in [9.17, 15) is 0 Å². The fourth-order valence-corrected chi connectivity index (χ4v) is 2.09. The van der Waals surface area contributed by atoms with Crippen molar-refractivity contribution in [2.45, 2.75) is 6.92 Å². The van der Waals surface area contributed by atoms with E-state index >= 15 is 0 Å². The van der Waals surface area contributed by atoms with Gasteiger partial charge in [0.1, 0.15) is 0 Å². The van der Waals surface area contributed by atoms with Crippen LogP contribution in [0, 0.1) is 6.92 Å². The highest BCUT2D eigenvalue weighted by Gasteiger charge is 2.13. The zero-order valence-electron chi connectivity index (χ0n) is 11.6. The molecular formula is C16H15N5. The smallest absolute Gasteiger partial charge is 0.166 e. The number of aryl methyl sites for hydroxylation is 1. The molecule has 5 heteroatoms. The van der Waals surface area contributed by atoms with Crippen LogP contribution in [0.4, 0.5) is 11.6 Å². The highest BCUT2D eigenvalue weighted by Crippen LogP contribution is 2.31. The molecule has 0 aliphatic heterocycles. The minimum absolute atomic E-state index is 0.234. The normalized spacial score (nSPS) is 10.5. The van der Waals surface area contributed by atoms with Gasteiger partial charge in [-0.25, -0.2) is 9.97 Å². The molecule has 0 saturated heterocycles. The predicted molar refractivity (Wildman–Crippen MR) is 84.3 cm³/mol. The summed E-state index contributed by atoms with van der Waals surface area (Å²) in [6.45, 7) is 2.04. The van der Waals surface area contributed by atoms with Crippen molar-refractivity contribution in [3.63, 3.8) is 0 Å². The third-order valence-electron chi connectivity index (χ3n) is 3.23. The molecule has 0 fully saturated rings. The molecule has 2 heterocycles. The molecule has 3 aromatic rings. The number of nitrogen functional groups attached to an aromatic ring is 2. The Balaban J connectivity index is 2.24. The highest BCUT2D eigenvalue weighted by molar-refractivity contribution is 5.80. The van der Waals surface area contributed by atoms with E-state index in [0.29, 0.717) is 11.4 Å². The van der Waals surface area contributed by atoms with Crippen LogP contribution in [0.25, 0.3) is 22.5 Å². The van der Waals surface area contributed by atoms with E-state index in [2.05, 4.69) is 15.0 Å². The van der Waals surface area contributed by atoms with E-state index in [1.165, 1.54) is 5.56 Å².